The van der Waals surface area contributed by atoms with Gasteiger partial charge >= 0.3 is 0 Å². The summed E-state index contributed by atoms with van der Waals surface area (Å²) in [7, 11) is 0. The van der Waals surface area contributed by atoms with Gasteiger partial charge in [0.25, 0.3) is 0 Å². The molecule has 4 aromatic heterocycles. The van der Waals surface area contributed by atoms with E-state index in [4.69, 9.17) is 4.98 Å². The maximum absolute atomic E-state index is 10.5. The fraction of sp³-hybridized carbons (Fsp3) is 0.364. The monoisotopic (exact) mass is 403 g/mol. The van der Waals surface area contributed by atoms with Crippen molar-refractivity contribution < 1.29 is 5.11 Å². The summed E-state index contributed by atoms with van der Waals surface area (Å²) in [6.45, 7) is 6.24. The molecule has 0 unspecified atom stereocenters. The van der Waals surface area contributed by atoms with Crippen molar-refractivity contribution in [2.24, 2.45) is 0 Å². The number of pyridine rings is 2. The lowest BCUT2D eigenvalue weighted by Crippen LogP contribution is -2.46. The van der Waals surface area contributed by atoms with Crippen molar-refractivity contribution >= 4 is 16.7 Å². The van der Waals surface area contributed by atoms with Crippen LogP contribution in [0.25, 0.3) is 33.5 Å². The Balaban J connectivity index is 1.52. The maximum atomic E-state index is 10.5. The number of aromatic amines is 1. The van der Waals surface area contributed by atoms with Gasteiger partial charge in [-0.2, -0.15) is 10.2 Å². The number of rotatable bonds is 4. The number of piperidine rings is 1. The van der Waals surface area contributed by atoms with Crippen LogP contribution in [0, 0.1) is 0 Å². The number of aromatic nitrogens is 6. The molecule has 1 aliphatic heterocycles. The van der Waals surface area contributed by atoms with E-state index in [-0.39, 0.29) is 0 Å². The van der Waals surface area contributed by atoms with E-state index in [0.29, 0.717) is 6.54 Å². The van der Waals surface area contributed by atoms with Gasteiger partial charge in [0.2, 0.25) is 0 Å². The van der Waals surface area contributed by atoms with Crippen LogP contribution in [0.5, 0.6) is 0 Å². The topological polar surface area (TPSA) is 95.8 Å². The summed E-state index contributed by atoms with van der Waals surface area (Å²) in [4.78, 5) is 11.6. The zero-order valence-electron chi connectivity index (χ0n) is 17.2. The molecule has 0 saturated carbocycles. The SMILES string of the molecule is CCn1cc(-c2cc3c(-c4cccc(N5CCC[C@](C)(O)C5)n4)n[nH]c3cn2)cn1. The molecule has 0 radical (unpaired) electrons. The zero-order chi connectivity index (χ0) is 20.7. The summed E-state index contributed by atoms with van der Waals surface area (Å²) in [6, 6.07) is 7.99. The molecule has 30 heavy (non-hydrogen) atoms. The molecular weight excluding hydrogens is 378 g/mol. The predicted octanol–water partition coefficient (Wildman–Crippen LogP) is 3.25. The molecule has 1 aliphatic rings. The van der Waals surface area contributed by atoms with Crippen molar-refractivity contribution in [2.75, 3.05) is 18.0 Å². The van der Waals surface area contributed by atoms with Crippen molar-refractivity contribution in [1.82, 2.24) is 29.9 Å². The van der Waals surface area contributed by atoms with Crippen molar-refractivity contribution in [2.45, 2.75) is 38.8 Å². The first kappa shape index (κ1) is 18.7. The summed E-state index contributed by atoms with van der Waals surface area (Å²) in [5, 5.41) is 23.4. The van der Waals surface area contributed by atoms with E-state index in [0.717, 1.165) is 65.3 Å². The minimum Gasteiger partial charge on any atom is -0.388 e. The quantitative estimate of drug-likeness (QED) is 0.543. The van der Waals surface area contributed by atoms with Crippen LogP contribution in [0.2, 0.25) is 0 Å². The number of fused-ring (bicyclic) bond motifs is 1. The average Bonchev–Trinajstić information content (AvgIpc) is 3.40. The maximum Gasteiger partial charge on any atom is 0.129 e. The van der Waals surface area contributed by atoms with Crippen LogP contribution in [0.3, 0.4) is 0 Å². The lowest BCUT2D eigenvalue weighted by Gasteiger charge is -2.37. The van der Waals surface area contributed by atoms with E-state index in [1.54, 1.807) is 6.20 Å². The van der Waals surface area contributed by atoms with Gasteiger partial charge in [0.1, 0.15) is 11.5 Å². The second kappa shape index (κ2) is 7.21. The van der Waals surface area contributed by atoms with E-state index < -0.39 is 5.60 Å². The Labute approximate surface area is 174 Å². The number of hydrogen-bond donors (Lipinski definition) is 2. The summed E-state index contributed by atoms with van der Waals surface area (Å²) in [5.41, 5.74) is 3.60. The molecule has 4 aromatic rings. The second-order valence-corrected chi connectivity index (χ2v) is 8.18. The molecule has 8 heteroatoms. The number of nitrogens with zero attached hydrogens (tertiary/aromatic N) is 6. The van der Waals surface area contributed by atoms with Gasteiger partial charge in [-0.25, -0.2) is 4.98 Å². The number of aryl methyl sites for hydroxylation is 1. The Kier molecular flexibility index (Phi) is 4.51. The molecule has 154 valence electrons. The Morgan fingerprint density at radius 2 is 2.13 bits per heavy atom. The number of β-amino-alcohol motifs (C(OH)–C–C–N with tert-alkyl or cyclic N) is 1. The van der Waals surface area contributed by atoms with Crippen molar-refractivity contribution in [1.29, 1.82) is 0 Å². The first-order valence-corrected chi connectivity index (χ1v) is 10.3. The molecule has 1 fully saturated rings. The summed E-state index contributed by atoms with van der Waals surface area (Å²) in [6.07, 6.45) is 7.39. The number of nitrogens with one attached hydrogen (secondary N) is 1. The highest BCUT2D eigenvalue weighted by Crippen LogP contribution is 2.30. The first-order chi connectivity index (χ1) is 14.5. The zero-order valence-corrected chi connectivity index (χ0v) is 17.2. The second-order valence-electron chi connectivity index (χ2n) is 8.18. The average molecular weight is 403 g/mol. The lowest BCUT2D eigenvalue weighted by atomic mass is 9.95. The minimum absolute atomic E-state index is 0.584. The van der Waals surface area contributed by atoms with Crippen LogP contribution in [-0.4, -0.2) is 53.7 Å². The van der Waals surface area contributed by atoms with Gasteiger partial charge in [0.05, 0.1) is 34.9 Å². The van der Waals surface area contributed by atoms with Gasteiger partial charge in [-0.1, -0.05) is 6.07 Å². The largest absolute Gasteiger partial charge is 0.388 e. The molecular formula is C22H25N7O. The number of aliphatic hydroxyl groups is 1. The van der Waals surface area contributed by atoms with Gasteiger partial charge < -0.3 is 10.0 Å². The third-order valence-electron chi connectivity index (χ3n) is 5.68. The number of anilines is 1. The molecule has 1 atom stereocenters. The Hall–Kier alpha value is -3.26. The van der Waals surface area contributed by atoms with Gasteiger partial charge in [0.15, 0.2) is 0 Å². The van der Waals surface area contributed by atoms with E-state index in [9.17, 15) is 5.11 Å². The normalized spacial score (nSPS) is 19.5. The first-order valence-electron chi connectivity index (χ1n) is 10.3. The molecule has 1 saturated heterocycles. The highest BCUT2D eigenvalue weighted by atomic mass is 16.3. The molecule has 0 spiro atoms. The van der Waals surface area contributed by atoms with Crippen molar-refractivity contribution in [3.05, 3.63) is 42.9 Å². The van der Waals surface area contributed by atoms with Crippen LogP contribution >= 0.6 is 0 Å². The molecule has 2 N–H and O–H groups in total. The van der Waals surface area contributed by atoms with E-state index in [1.165, 1.54) is 0 Å². The molecule has 0 aliphatic carbocycles. The molecule has 8 nitrogen and oxygen atoms in total. The summed E-state index contributed by atoms with van der Waals surface area (Å²) >= 11 is 0. The molecule has 5 heterocycles. The van der Waals surface area contributed by atoms with Crippen LogP contribution in [-0.2, 0) is 6.54 Å². The highest BCUT2D eigenvalue weighted by molar-refractivity contribution is 5.93. The fourth-order valence-corrected chi connectivity index (χ4v) is 4.09. The third-order valence-corrected chi connectivity index (χ3v) is 5.68. The van der Waals surface area contributed by atoms with E-state index >= 15 is 0 Å². The van der Waals surface area contributed by atoms with Crippen LogP contribution in [0.4, 0.5) is 5.82 Å². The molecule has 0 amide bonds. The smallest absolute Gasteiger partial charge is 0.129 e. The molecule has 5 rings (SSSR count). The number of H-pyrrole nitrogens is 1. The highest BCUT2D eigenvalue weighted by Gasteiger charge is 2.29. The van der Waals surface area contributed by atoms with E-state index in [2.05, 4.69) is 32.1 Å². The van der Waals surface area contributed by atoms with Crippen molar-refractivity contribution in [3.63, 3.8) is 0 Å². The third kappa shape index (κ3) is 3.43. The molecule has 0 bridgehead atoms. The minimum atomic E-state index is -0.682. The fourth-order valence-electron chi connectivity index (χ4n) is 4.09. The van der Waals surface area contributed by atoms with E-state index in [1.807, 2.05) is 48.3 Å². The van der Waals surface area contributed by atoms with Crippen LogP contribution < -0.4 is 4.90 Å². The molecule has 0 aromatic carbocycles. The number of hydrogen-bond acceptors (Lipinski definition) is 6. The lowest BCUT2D eigenvalue weighted by molar-refractivity contribution is 0.0447. The van der Waals surface area contributed by atoms with Crippen LogP contribution in [0.15, 0.2) is 42.9 Å². The Morgan fingerprint density at radius 1 is 1.23 bits per heavy atom. The van der Waals surface area contributed by atoms with Crippen molar-refractivity contribution in [3.8, 4) is 22.6 Å². The predicted molar refractivity (Wildman–Crippen MR) is 116 cm³/mol. The summed E-state index contributed by atoms with van der Waals surface area (Å²) < 4.78 is 1.88. The van der Waals surface area contributed by atoms with Crippen LogP contribution in [0.1, 0.15) is 26.7 Å². The van der Waals surface area contributed by atoms with Gasteiger partial charge in [0, 0.05) is 36.8 Å². The van der Waals surface area contributed by atoms with Gasteiger partial charge in [-0.05, 0) is 44.9 Å². The van der Waals surface area contributed by atoms with Gasteiger partial charge in [-0.3, -0.25) is 14.8 Å². The standard InChI is InChI=1S/C22H25N7O/c1-3-29-13-15(11-24-29)18-10-16-19(12-23-18)26-27-21(16)17-6-4-7-20(25-17)28-9-5-8-22(2,30)14-28/h4,6-7,10-13,30H,3,5,8-9,14H2,1-2H3,(H,26,27)/t22-/m0/s1. The summed E-state index contributed by atoms with van der Waals surface area (Å²) in [5.74, 6) is 0.863. The Bertz CT molecular complexity index is 1190. The Morgan fingerprint density at radius 3 is 2.93 bits per heavy atom. The van der Waals surface area contributed by atoms with Gasteiger partial charge in [-0.15, -0.1) is 0 Å².